The van der Waals surface area contributed by atoms with E-state index in [-0.39, 0.29) is 11.5 Å². The molecule has 1 heterocycles. The van der Waals surface area contributed by atoms with E-state index in [0.29, 0.717) is 11.3 Å². The van der Waals surface area contributed by atoms with Crippen LogP contribution in [0.2, 0.25) is 0 Å². The summed E-state index contributed by atoms with van der Waals surface area (Å²) in [6.45, 7) is 0. The van der Waals surface area contributed by atoms with E-state index in [0.717, 1.165) is 24.5 Å². The smallest absolute Gasteiger partial charge is 0.339 e. The van der Waals surface area contributed by atoms with E-state index in [4.69, 9.17) is 4.74 Å². The molecule has 0 atom stereocenters. The zero-order valence-corrected chi connectivity index (χ0v) is 10.9. The Balaban J connectivity index is 2.14. The van der Waals surface area contributed by atoms with Crippen LogP contribution in [0.15, 0.2) is 24.4 Å². The molecule has 1 aliphatic rings. The number of aromatic nitrogens is 1. The number of ether oxygens (including phenoxy) is 1. The highest BCUT2D eigenvalue weighted by Crippen LogP contribution is 2.46. The summed E-state index contributed by atoms with van der Waals surface area (Å²) in [6.07, 6.45) is 3.44. The lowest BCUT2D eigenvalue weighted by molar-refractivity contribution is 0.0599. The molecule has 104 valence electrons. The summed E-state index contributed by atoms with van der Waals surface area (Å²) >= 11 is 0. The molecule has 0 saturated heterocycles. The number of benzene rings is 1. The highest BCUT2D eigenvalue weighted by atomic mass is 19.1. The standard InChI is InChI=1S/C15H13F2NO2/c1-20-15(19)11-7-18-14(13(11)8-2-3-8)10-5-4-9(16)6-12(10)17/h4-8,18H,2-3H2,1H3. The Morgan fingerprint density at radius 2 is 2.10 bits per heavy atom. The summed E-state index contributed by atoms with van der Waals surface area (Å²) in [7, 11) is 1.31. The number of nitrogens with one attached hydrogen (secondary N) is 1. The Labute approximate surface area is 114 Å². The number of rotatable bonds is 3. The molecule has 3 rings (SSSR count). The number of H-pyrrole nitrogens is 1. The molecule has 0 spiro atoms. The molecule has 1 saturated carbocycles. The number of esters is 1. The van der Waals surface area contributed by atoms with Crippen molar-refractivity contribution in [3.8, 4) is 11.3 Å². The number of halogens is 2. The van der Waals surface area contributed by atoms with Crippen LogP contribution in [0.5, 0.6) is 0 Å². The molecule has 1 aliphatic carbocycles. The number of hydrogen-bond donors (Lipinski definition) is 1. The van der Waals surface area contributed by atoms with Gasteiger partial charge in [0.1, 0.15) is 11.6 Å². The minimum absolute atomic E-state index is 0.231. The first-order valence-corrected chi connectivity index (χ1v) is 6.37. The van der Waals surface area contributed by atoms with Crippen molar-refractivity contribution in [2.24, 2.45) is 0 Å². The van der Waals surface area contributed by atoms with Gasteiger partial charge >= 0.3 is 5.97 Å². The molecule has 1 fully saturated rings. The topological polar surface area (TPSA) is 42.1 Å². The lowest BCUT2D eigenvalue weighted by atomic mass is 10.0. The van der Waals surface area contributed by atoms with Gasteiger partial charge in [0.15, 0.2) is 0 Å². The van der Waals surface area contributed by atoms with Gasteiger partial charge in [0.05, 0.1) is 18.4 Å². The summed E-state index contributed by atoms with van der Waals surface area (Å²) in [5.41, 5.74) is 1.99. The van der Waals surface area contributed by atoms with Crippen LogP contribution in [-0.2, 0) is 4.74 Å². The second-order valence-corrected chi connectivity index (χ2v) is 4.88. The highest BCUT2D eigenvalue weighted by molar-refractivity contribution is 5.94. The van der Waals surface area contributed by atoms with Gasteiger partial charge in [-0.15, -0.1) is 0 Å². The Morgan fingerprint density at radius 1 is 1.35 bits per heavy atom. The molecule has 0 unspecified atom stereocenters. The first-order valence-electron chi connectivity index (χ1n) is 6.37. The van der Waals surface area contributed by atoms with Gasteiger partial charge in [-0.05, 0) is 36.5 Å². The average Bonchev–Trinajstić information content (AvgIpc) is 3.17. The predicted molar refractivity (Wildman–Crippen MR) is 69.5 cm³/mol. The molecule has 5 heteroatoms. The molecule has 0 radical (unpaired) electrons. The summed E-state index contributed by atoms with van der Waals surface area (Å²) in [4.78, 5) is 14.7. The van der Waals surface area contributed by atoms with E-state index in [1.165, 1.54) is 25.4 Å². The summed E-state index contributed by atoms with van der Waals surface area (Å²) < 4.78 is 31.7. The van der Waals surface area contributed by atoms with E-state index in [1.54, 1.807) is 0 Å². The molecule has 0 aliphatic heterocycles. The van der Waals surface area contributed by atoms with Crippen molar-refractivity contribution in [1.29, 1.82) is 0 Å². The van der Waals surface area contributed by atoms with E-state index in [1.807, 2.05) is 0 Å². The van der Waals surface area contributed by atoms with Crippen LogP contribution in [0.3, 0.4) is 0 Å². The van der Waals surface area contributed by atoms with Crippen LogP contribution < -0.4 is 0 Å². The van der Waals surface area contributed by atoms with Gasteiger partial charge < -0.3 is 9.72 Å². The van der Waals surface area contributed by atoms with Crippen LogP contribution in [-0.4, -0.2) is 18.1 Å². The predicted octanol–water partition coefficient (Wildman–Crippen LogP) is 3.62. The van der Waals surface area contributed by atoms with Crippen molar-refractivity contribution >= 4 is 5.97 Å². The number of carbonyl (C=O) groups excluding carboxylic acids is 1. The van der Waals surface area contributed by atoms with Crippen LogP contribution in [0, 0.1) is 11.6 Å². The molecular formula is C15H13F2NO2. The number of methoxy groups -OCH3 is 1. The molecule has 1 aromatic carbocycles. The molecule has 1 N–H and O–H groups in total. The maximum Gasteiger partial charge on any atom is 0.339 e. The average molecular weight is 277 g/mol. The van der Waals surface area contributed by atoms with Gasteiger partial charge in [-0.3, -0.25) is 0 Å². The molecule has 3 nitrogen and oxygen atoms in total. The van der Waals surface area contributed by atoms with Gasteiger partial charge in [0, 0.05) is 17.8 Å². The van der Waals surface area contributed by atoms with Gasteiger partial charge in [0.2, 0.25) is 0 Å². The highest BCUT2D eigenvalue weighted by Gasteiger charge is 2.33. The van der Waals surface area contributed by atoms with Gasteiger partial charge in [-0.25, -0.2) is 13.6 Å². The monoisotopic (exact) mass is 277 g/mol. The first kappa shape index (κ1) is 12.8. The van der Waals surface area contributed by atoms with Gasteiger partial charge in [0.25, 0.3) is 0 Å². The third-order valence-electron chi connectivity index (χ3n) is 3.51. The Morgan fingerprint density at radius 3 is 2.70 bits per heavy atom. The summed E-state index contributed by atoms with van der Waals surface area (Å²) in [5.74, 6) is -1.49. The largest absolute Gasteiger partial charge is 0.465 e. The number of carbonyl (C=O) groups is 1. The van der Waals surface area contributed by atoms with E-state index >= 15 is 0 Å². The molecule has 0 amide bonds. The van der Waals surface area contributed by atoms with Gasteiger partial charge in [-0.2, -0.15) is 0 Å². The SMILES string of the molecule is COC(=O)c1c[nH]c(-c2ccc(F)cc2F)c1C1CC1. The molecule has 1 aromatic heterocycles. The first-order chi connectivity index (χ1) is 9.61. The lowest BCUT2D eigenvalue weighted by Gasteiger charge is -2.07. The van der Waals surface area contributed by atoms with E-state index < -0.39 is 17.6 Å². The van der Waals surface area contributed by atoms with Crippen molar-refractivity contribution in [2.45, 2.75) is 18.8 Å². The quantitative estimate of drug-likeness (QED) is 0.870. The minimum atomic E-state index is -0.648. The number of aromatic amines is 1. The third kappa shape index (κ3) is 2.09. The zero-order chi connectivity index (χ0) is 14.3. The van der Waals surface area contributed by atoms with E-state index in [9.17, 15) is 13.6 Å². The van der Waals surface area contributed by atoms with Gasteiger partial charge in [-0.1, -0.05) is 0 Å². The normalized spacial score (nSPS) is 14.3. The fraction of sp³-hybridized carbons (Fsp3) is 0.267. The fourth-order valence-electron chi connectivity index (χ4n) is 2.42. The zero-order valence-electron chi connectivity index (χ0n) is 10.9. The van der Waals surface area contributed by atoms with Crippen molar-refractivity contribution in [3.63, 3.8) is 0 Å². The molecule has 2 aromatic rings. The number of hydrogen-bond acceptors (Lipinski definition) is 2. The second-order valence-electron chi connectivity index (χ2n) is 4.88. The van der Waals surface area contributed by atoms with Crippen LogP contribution >= 0.6 is 0 Å². The van der Waals surface area contributed by atoms with Crippen molar-refractivity contribution in [3.05, 3.63) is 47.2 Å². The Bertz CT molecular complexity index is 675. The van der Waals surface area contributed by atoms with Crippen molar-refractivity contribution < 1.29 is 18.3 Å². The summed E-state index contributed by atoms with van der Waals surface area (Å²) in [5, 5.41) is 0. The second kappa shape index (κ2) is 4.74. The molecular weight excluding hydrogens is 264 g/mol. The van der Waals surface area contributed by atoms with Crippen molar-refractivity contribution in [1.82, 2.24) is 4.98 Å². The van der Waals surface area contributed by atoms with Crippen LogP contribution in [0.1, 0.15) is 34.7 Å². The Kier molecular flexibility index (Phi) is 3.04. The maximum atomic E-state index is 13.9. The molecule has 20 heavy (non-hydrogen) atoms. The molecule has 0 bridgehead atoms. The minimum Gasteiger partial charge on any atom is -0.465 e. The Hall–Kier alpha value is -2.17. The maximum absolute atomic E-state index is 13.9. The lowest BCUT2D eigenvalue weighted by Crippen LogP contribution is -2.03. The van der Waals surface area contributed by atoms with Crippen LogP contribution in [0.4, 0.5) is 8.78 Å². The summed E-state index contributed by atoms with van der Waals surface area (Å²) in [6, 6.07) is 3.42. The third-order valence-corrected chi connectivity index (χ3v) is 3.51. The van der Waals surface area contributed by atoms with Crippen molar-refractivity contribution in [2.75, 3.05) is 7.11 Å². The van der Waals surface area contributed by atoms with Crippen LogP contribution in [0.25, 0.3) is 11.3 Å². The van der Waals surface area contributed by atoms with E-state index in [2.05, 4.69) is 4.98 Å². The fourth-order valence-corrected chi connectivity index (χ4v) is 2.42.